The maximum absolute atomic E-state index is 11.9. The molecule has 126 valence electrons. The van der Waals surface area contributed by atoms with Crippen LogP contribution >= 0.6 is 0 Å². The normalized spacial score (nSPS) is 11.2. The molecule has 9 heteroatoms. The average molecular weight is 331 g/mol. The number of hydrogen-bond acceptors (Lipinski definition) is 6. The minimum atomic E-state index is -0.648. The first-order chi connectivity index (χ1) is 11.4. The number of rotatable bonds is 6. The molecule has 1 aromatic heterocycles. The zero-order valence-electron chi connectivity index (χ0n) is 13.2. The van der Waals surface area contributed by atoms with Crippen LogP contribution in [0.5, 0.6) is 5.75 Å². The number of nitrogens with two attached hydrogens (primary N) is 2. The number of hydrogen-bond donors (Lipinski definition) is 2. The highest BCUT2D eigenvalue weighted by atomic mass is 16.7. The smallest absolute Gasteiger partial charge is 0.369 e. The number of ether oxygens (including phenoxy) is 1. The summed E-state index contributed by atoms with van der Waals surface area (Å²) in [7, 11) is 1.71. The van der Waals surface area contributed by atoms with Crippen LogP contribution in [0.1, 0.15) is 21.6 Å². The Bertz CT molecular complexity index is 780. The number of amides is 1. The maximum atomic E-state index is 11.9. The van der Waals surface area contributed by atoms with Gasteiger partial charge in [-0.3, -0.25) is 9.48 Å². The summed E-state index contributed by atoms with van der Waals surface area (Å²) in [6.07, 6.45) is 1.40. The topological polar surface area (TPSA) is 135 Å². The van der Waals surface area contributed by atoms with E-state index in [2.05, 4.69) is 10.3 Å². The molecule has 2 rings (SSSR count). The van der Waals surface area contributed by atoms with E-state index in [1.165, 1.54) is 6.20 Å². The van der Waals surface area contributed by atoms with E-state index < -0.39 is 11.9 Å². The first-order valence-corrected chi connectivity index (χ1v) is 6.93. The fraction of sp³-hybridized carbons (Fsp3) is 0.200. The highest BCUT2D eigenvalue weighted by Gasteiger charge is 2.14. The number of carbonyl (C=O) groups is 2. The van der Waals surface area contributed by atoms with Gasteiger partial charge in [-0.25, -0.2) is 4.79 Å². The molecule has 0 radical (unpaired) electrons. The molecule has 0 saturated heterocycles. The van der Waals surface area contributed by atoms with E-state index >= 15 is 0 Å². The van der Waals surface area contributed by atoms with Crippen LogP contribution in [-0.4, -0.2) is 34.1 Å². The van der Waals surface area contributed by atoms with Crippen molar-refractivity contribution < 1.29 is 19.2 Å². The molecule has 4 N–H and O–H groups in total. The summed E-state index contributed by atoms with van der Waals surface area (Å²) < 4.78 is 6.67. The molecule has 1 amide bonds. The molecule has 0 aliphatic rings. The lowest BCUT2D eigenvalue weighted by molar-refractivity contribution is -0.119. The second kappa shape index (κ2) is 7.27. The predicted molar refractivity (Wildman–Crippen MR) is 85.2 cm³/mol. The Kier molecular flexibility index (Phi) is 5.15. The number of primary amides is 1. The van der Waals surface area contributed by atoms with Crippen molar-refractivity contribution in [3.8, 4) is 5.75 Å². The summed E-state index contributed by atoms with van der Waals surface area (Å²) in [6.45, 7) is 1.52. The first-order valence-electron chi connectivity index (χ1n) is 6.93. The van der Waals surface area contributed by atoms with Gasteiger partial charge >= 0.3 is 5.97 Å². The van der Waals surface area contributed by atoms with Gasteiger partial charge < -0.3 is 21.0 Å². The number of benzene rings is 1. The third-order valence-electron chi connectivity index (χ3n) is 3.21. The number of oxime groups is 1. The second-order valence-corrected chi connectivity index (χ2v) is 4.90. The van der Waals surface area contributed by atoms with Gasteiger partial charge in [-0.15, -0.1) is 0 Å². The van der Waals surface area contributed by atoms with E-state index in [1.807, 2.05) is 0 Å². The van der Waals surface area contributed by atoms with E-state index in [0.717, 1.165) is 0 Å². The van der Waals surface area contributed by atoms with Crippen LogP contribution in [0.4, 0.5) is 0 Å². The average Bonchev–Trinajstić information content (AvgIpc) is 2.90. The minimum absolute atomic E-state index is 0.0198. The predicted octanol–water partition coefficient (Wildman–Crippen LogP) is 0.0699. The minimum Gasteiger partial charge on any atom is -0.484 e. The first kappa shape index (κ1) is 17.0. The third kappa shape index (κ3) is 4.09. The van der Waals surface area contributed by atoms with Crippen LogP contribution in [0, 0.1) is 6.92 Å². The van der Waals surface area contributed by atoms with Crippen molar-refractivity contribution in [1.29, 1.82) is 0 Å². The number of aryl methyl sites for hydroxylation is 1. The Hall–Kier alpha value is -3.36. The Labute approximate surface area is 137 Å². The van der Waals surface area contributed by atoms with Crippen LogP contribution in [0.2, 0.25) is 0 Å². The molecule has 0 unspecified atom stereocenters. The van der Waals surface area contributed by atoms with Gasteiger partial charge in [0, 0.05) is 18.3 Å². The third-order valence-corrected chi connectivity index (χ3v) is 3.21. The summed E-state index contributed by atoms with van der Waals surface area (Å²) in [6, 6.07) is 6.40. The highest BCUT2D eigenvalue weighted by molar-refractivity contribution is 5.98. The van der Waals surface area contributed by atoms with Crippen molar-refractivity contribution >= 4 is 17.7 Å². The molecule has 0 spiro atoms. The Morgan fingerprint density at radius 2 is 1.92 bits per heavy atom. The quantitative estimate of drug-likeness (QED) is 0.333. The van der Waals surface area contributed by atoms with Crippen molar-refractivity contribution in [2.45, 2.75) is 6.92 Å². The van der Waals surface area contributed by atoms with Crippen molar-refractivity contribution in [2.24, 2.45) is 23.7 Å². The monoisotopic (exact) mass is 331 g/mol. The van der Waals surface area contributed by atoms with E-state index in [4.69, 9.17) is 21.0 Å². The molecule has 2 aromatic rings. The molecule has 0 fully saturated rings. The Balaban J connectivity index is 2.01. The standard InChI is InChI=1S/C15H17N5O4/c1-9-12(7-18-20(9)2)15(22)24-19-14(17)10-3-5-11(6-4-10)23-8-13(16)21/h3-7H,8H2,1-2H3,(H2,16,21)(H2,17,19). The van der Waals surface area contributed by atoms with E-state index in [1.54, 1.807) is 42.9 Å². The zero-order valence-corrected chi connectivity index (χ0v) is 13.2. The van der Waals surface area contributed by atoms with E-state index in [9.17, 15) is 9.59 Å². The van der Waals surface area contributed by atoms with Gasteiger partial charge in [-0.1, -0.05) is 5.16 Å². The summed E-state index contributed by atoms with van der Waals surface area (Å²) in [5.41, 5.74) is 12.3. The SMILES string of the molecule is Cc1c(C(=O)O/N=C(\N)c2ccc(OCC(N)=O)cc2)cnn1C. The molecule has 0 bridgehead atoms. The van der Waals surface area contributed by atoms with Crippen molar-refractivity contribution in [3.05, 3.63) is 47.3 Å². The zero-order chi connectivity index (χ0) is 17.7. The van der Waals surface area contributed by atoms with E-state index in [0.29, 0.717) is 22.6 Å². The lowest BCUT2D eigenvalue weighted by Gasteiger charge is -2.05. The van der Waals surface area contributed by atoms with E-state index in [-0.39, 0.29) is 12.4 Å². The summed E-state index contributed by atoms with van der Waals surface area (Å²) >= 11 is 0. The largest absolute Gasteiger partial charge is 0.484 e. The van der Waals surface area contributed by atoms with Gasteiger partial charge in [0.25, 0.3) is 5.91 Å². The van der Waals surface area contributed by atoms with Crippen molar-refractivity contribution in [2.75, 3.05) is 6.61 Å². The lowest BCUT2D eigenvalue weighted by Crippen LogP contribution is -2.20. The second-order valence-electron chi connectivity index (χ2n) is 4.90. The molecular formula is C15H17N5O4. The molecule has 1 heterocycles. The van der Waals surface area contributed by atoms with Gasteiger partial charge in [-0.05, 0) is 31.2 Å². The van der Waals surface area contributed by atoms with Gasteiger partial charge in [0.15, 0.2) is 12.4 Å². The molecule has 0 saturated carbocycles. The fourth-order valence-corrected chi connectivity index (χ4v) is 1.77. The summed E-state index contributed by atoms with van der Waals surface area (Å²) in [5.74, 6) is -0.748. The molecule has 0 aliphatic heterocycles. The molecule has 9 nitrogen and oxygen atoms in total. The molecule has 0 atom stereocenters. The number of carbonyl (C=O) groups excluding carboxylic acids is 2. The van der Waals surface area contributed by atoms with Crippen LogP contribution in [0.3, 0.4) is 0 Å². The number of aromatic nitrogens is 2. The van der Waals surface area contributed by atoms with Gasteiger partial charge in [-0.2, -0.15) is 5.10 Å². The van der Waals surface area contributed by atoms with Gasteiger partial charge in [0.05, 0.1) is 6.20 Å². The molecule has 24 heavy (non-hydrogen) atoms. The fourth-order valence-electron chi connectivity index (χ4n) is 1.77. The molecule has 0 aliphatic carbocycles. The Morgan fingerprint density at radius 1 is 1.25 bits per heavy atom. The van der Waals surface area contributed by atoms with Gasteiger partial charge in [0.2, 0.25) is 0 Å². The maximum Gasteiger partial charge on any atom is 0.369 e. The van der Waals surface area contributed by atoms with Crippen molar-refractivity contribution in [1.82, 2.24) is 9.78 Å². The van der Waals surface area contributed by atoms with Crippen molar-refractivity contribution in [3.63, 3.8) is 0 Å². The molecule has 1 aromatic carbocycles. The highest BCUT2D eigenvalue weighted by Crippen LogP contribution is 2.12. The number of nitrogens with zero attached hydrogens (tertiary/aromatic N) is 3. The van der Waals surface area contributed by atoms with Crippen LogP contribution in [-0.2, 0) is 16.7 Å². The lowest BCUT2D eigenvalue weighted by atomic mass is 10.2. The summed E-state index contributed by atoms with van der Waals surface area (Å²) in [4.78, 5) is 27.4. The number of amidine groups is 1. The molecular weight excluding hydrogens is 314 g/mol. The van der Waals surface area contributed by atoms with Crippen LogP contribution < -0.4 is 16.2 Å². The van der Waals surface area contributed by atoms with Crippen LogP contribution in [0.15, 0.2) is 35.6 Å². The van der Waals surface area contributed by atoms with Gasteiger partial charge in [0.1, 0.15) is 11.3 Å². The van der Waals surface area contributed by atoms with Crippen LogP contribution in [0.25, 0.3) is 0 Å². The Morgan fingerprint density at radius 3 is 2.46 bits per heavy atom. The summed E-state index contributed by atoms with van der Waals surface area (Å²) in [5, 5.41) is 7.57.